The summed E-state index contributed by atoms with van der Waals surface area (Å²) < 4.78 is 17.6. The van der Waals surface area contributed by atoms with Gasteiger partial charge in [-0.05, 0) is 65.1 Å². The first-order chi connectivity index (χ1) is 13.2. The molecule has 1 atom stereocenters. The highest BCUT2D eigenvalue weighted by atomic mass is 16.7. The van der Waals surface area contributed by atoms with E-state index in [0.29, 0.717) is 6.61 Å². The summed E-state index contributed by atoms with van der Waals surface area (Å²) >= 11 is 0. The Labute approximate surface area is 168 Å². The highest BCUT2D eigenvalue weighted by molar-refractivity contribution is 6.62. The van der Waals surface area contributed by atoms with Crippen molar-refractivity contribution in [3.8, 4) is 0 Å². The first-order valence-electron chi connectivity index (χ1n) is 10.3. The second-order valence-corrected chi connectivity index (χ2v) is 9.23. The molecular formula is C21H31BN2O4. The van der Waals surface area contributed by atoms with Gasteiger partial charge in [-0.25, -0.2) is 4.79 Å². The molecule has 28 heavy (non-hydrogen) atoms. The normalized spacial score (nSPS) is 27.4. The van der Waals surface area contributed by atoms with E-state index in [1.807, 2.05) is 4.90 Å². The number of carbonyl (C=O) groups excluding carboxylic acids is 1. The molecule has 152 valence electrons. The molecule has 1 amide bonds. The number of amides is 1. The summed E-state index contributed by atoms with van der Waals surface area (Å²) in [5.74, 6) is 0. The van der Waals surface area contributed by atoms with E-state index in [9.17, 15) is 4.79 Å². The van der Waals surface area contributed by atoms with Crippen molar-refractivity contribution in [2.45, 2.75) is 70.7 Å². The van der Waals surface area contributed by atoms with Crippen LogP contribution in [-0.2, 0) is 14.0 Å². The molecule has 3 aliphatic rings. The Balaban J connectivity index is 1.43. The molecule has 0 aromatic heterocycles. The predicted octanol–water partition coefficient (Wildman–Crippen LogP) is 2.80. The van der Waals surface area contributed by atoms with Gasteiger partial charge in [-0.1, -0.05) is 12.1 Å². The molecule has 1 unspecified atom stereocenters. The van der Waals surface area contributed by atoms with Crippen LogP contribution in [0.2, 0.25) is 0 Å². The van der Waals surface area contributed by atoms with E-state index >= 15 is 0 Å². The fourth-order valence-electron chi connectivity index (χ4n) is 4.29. The van der Waals surface area contributed by atoms with E-state index in [1.54, 1.807) is 0 Å². The number of ether oxygens (including phenoxy) is 1. The Morgan fingerprint density at radius 2 is 1.71 bits per heavy atom. The van der Waals surface area contributed by atoms with Crippen LogP contribution in [0, 0.1) is 0 Å². The van der Waals surface area contributed by atoms with E-state index in [1.165, 1.54) is 5.69 Å². The van der Waals surface area contributed by atoms with E-state index < -0.39 is 0 Å². The Kier molecular flexibility index (Phi) is 4.87. The first kappa shape index (κ1) is 19.6. The minimum absolute atomic E-state index is 0.159. The number of carbonyl (C=O) groups is 1. The fourth-order valence-corrected chi connectivity index (χ4v) is 4.29. The highest BCUT2D eigenvalue weighted by Gasteiger charge is 2.51. The average Bonchev–Trinajstić information content (AvgIpc) is 3.10. The van der Waals surface area contributed by atoms with Crippen LogP contribution in [0.15, 0.2) is 24.3 Å². The summed E-state index contributed by atoms with van der Waals surface area (Å²) in [5, 5.41) is 0. The maximum atomic E-state index is 12.0. The maximum Gasteiger partial charge on any atom is 0.494 e. The van der Waals surface area contributed by atoms with Crippen molar-refractivity contribution < 1.29 is 18.8 Å². The van der Waals surface area contributed by atoms with Gasteiger partial charge in [0, 0.05) is 24.8 Å². The number of anilines is 1. The second-order valence-electron chi connectivity index (χ2n) is 9.23. The third-order valence-corrected chi connectivity index (χ3v) is 6.75. The van der Waals surface area contributed by atoms with Gasteiger partial charge in [0.1, 0.15) is 6.61 Å². The van der Waals surface area contributed by atoms with Gasteiger partial charge in [0.05, 0.1) is 17.2 Å². The number of benzene rings is 1. The number of rotatable bonds is 3. The number of hydrogen-bond donors (Lipinski definition) is 0. The molecule has 1 aromatic rings. The number of piperidine rings is 1. The molecule has 0 bridgehead atoms. The molecule has 6 nitrogen and oxygen atoms in total. The van der Waals surface area contributed by atoms with E-state index in [4.69, 9.17) is 14.0 Å². The van der Waals surface area contributed by atoms with Crippen molar-refractivity contribution >= 4 is 24.4 Å². The first-order valence-corrected chi connectivity index (χ1v) is 10.3. The van der Waals surface area contributed by atoms with Crippen LogP contribution in [0.4, 0.5) is 10.5 Å². The van der Waals surface area contributed by atoms with Crippen LogP contribution in [0.5, 0.6) is 0 Å². The van der Waals surface area contributed by atoms with Crippen molar-refractivity contribution in [2.24, 2.45) is 0 Å². The number of cyclic esters (lactones) is 1. The average molecular weight is 386 g/mol. The van der Waals surface area contributed by atoms with Crippen molar-refractivity contribution in [1.82, 2.24) is 4.90 Å². The lowest BCUT2D eigenvalue weighted by molar-refractivity contribution is 0.00578. The van der Waals surface area contributed by atoms with Gasteiger partial charge in [0.25, 0.3) is 0 Å². The van der Waals surface area contributed by atoms with Gasteiger partial charge in [0.2, 0.25) is 0 Å². The Bertz CT molecular complexity index is 730. The van der Waals surface area contributed by atoms with Crippen LogP contribution < -0.4 is 10.4 Å². The molecule has 0 saturated carbocycles. The fraction of sp³-hybridized carbons (Fsp3) is 0.667. The lowest BCUT2D eigenvalue weighted by Gasteiger charge is -2.38. The van der Waals surface area contributed by atoms with Gasteiger partial charge in [-0.15, -0.1) is 0 Å². The summed E-state index contributed by atoms with van der Waals surface area (Å²) in [6.45, 7) is 12.7. The monoisotopic (exact) mass is 386 g/mol. The van der Waals surface area contributed by atoms with Crippen LogP contribution >= 0.6 is 0 Å². The molecule has 3 aliphatic heterocycles. The molecule has 0 N–H and O–H groups in total. The van der Waals surface area contributed by atoms with Gasteiger partial charge in [-0.3, -0.25) is 4.90 Å². The van der Waals surface area contributed by atoms with Crippen molar-refractivity contribution in [2.75, 3.05) is 24.6 Å². The lowest BCUT2D eigenvalue weighted by Crippen LogP contribution is -2.48. The molecular weight excluding hydrogens is 355 g/mol. The standard InChI is InChI=1S/C21H31BN2O4/c1-15-14-26-19(25)24(15)17-9-11-23(12-10-17)18-8-6-7-16(13-18)22-27-20(2,3)21(4,5)28-22/h6-8,13,15,17H,9-12,14H2,1-5H3. The quantitative estimate of drug-likeness (QED) is 0.748. The van der Waals surface area contributed by atoms with Crippen molar-refractivity contribution in [1.29, 1.82) is 0 Å². The lowest BCUT2D eigenvalue weighted by atomic mass is 9.79. The van der Waals surface area contributed by atoms with Crippen LogP contribution in [0.3, 0.4) is 0 Å². The van der Waals surface area contributed by atoms with E-state index in [-0.39, 0.29) is 36.5 Å². The second kappa shape index (κ2) is 6.96. The minimum atomic E-state index is -0.345. The van der Waals surface area contributed by atoms with Crippen molar-refractivity contribution in [3.63, 3.8) is 0 Å². The van der Waals surface area contributed by atoms with Gasteiger partial charge in [-0.2, -0.15) is 0 Å². The van der Waals surface area contributed by atoms with Gasteiger partial charge >= 0.3 is 13.2 Å². The number of hydrogen-bond acceptors (Lipinski definition) is 5. The molecule has 0 aliphatic carbocycles. The molecule has 3 fully saturated rings. The topological polar surface area (TPSA) is 51.2 Å². The summed E-state index contributed by atoms with van der Waals surface area (Å²) in [5.41, 5.74) is 1.55. The van der Waals surface area contributed by atoms with Gasteiger partial charge < -0.3 is 18.9 Å². The molecule has 0 spiro atoms. The van der Waals surface area contributed by atoms with Crippen molar-refractivity contribution in [3.05, 3.63) is 24.3 Å². The molecule has 3 heterocycles. The predicted molar refractivity (Wildman–Crippen MR) is 110 cm³/mol. The Hall–Kier alpha value is -1.73. The molecule has 3 saturated heterocycles. The number of nitrogens with zero attached hydrogens (tertiary/aromatic N) is 2. The third kappa shape index (κ3) is 3.39. The minimum Gasteiger partial charge on any atom is -0.447 e. The SMILES string of the molecule is CC1COC(=O)N1C1CCN(c2cccc(B3OC(C)(C)C(C)(C)O3)c2)CC1. The Morgan fingerprint density at radius 3 is 2.29 bits per heavy atom. The molecule has 1 aromatic carbocycles. The summed E-state index contributed by atoms with van der Waals surface area (Å²) in [6, 6.07) is 8.90. The highest BCUT2D eigenvalue weighted by Crippen LogP contribution is 2.36. The molecule has 7 heteroatoms. The Morgan fingerprint density at radius 1 is 1.07 bits per heavy atom. The zero-order valence-corrected chi connectivity index (χ0v) is 17.6. The van der Waals surface area contributed by atoms with Crippen LogP contribution in [-0.4, -0.2) is 61.1 Å². The molecule has 0 radical (unpaired) electrons. The smallest absolute Gasteiger partial charge is 0.447 e. The summed E-state index contributed by atoms with van der Waals surface area (Å²) in [6.07, 6.45) is 1.76. The zero-order chi connectivity index (χ0) is 20.1. The third-order valence-electron chi connectivity index (χ3n) is 6.75. The van der Waals surface area contributed by atoms with Crippen LogP contribution in [0.1, 0.15) is 47.5 Å². The summed E-state index contributed by atoms with van der Waals surface area (Å²) in [4.78, 5) is 16.3. The van der Waals surface area contributed by atoms with E-state index in [2.05, 4.69) is 63.8 Å². The van der Waals surface area contributed by atoms with Gasteiger partial charge in [0.15, 0.2) is 0 Å². The maximum absolute atomic E-state index is 12.0. The van der Waals surface area contributed by atoms with Crippen LogP contribution in [0.25, 0.3) is 0 Å². The van der Waals surface area contributed by atoms with E-state index in [0.717, 1.165) is 31.4 Å². The summed E-state index contributed by atoms with van der Waals surface area (Å²) in [7, 11) is -0.345. The molecule has 4 rings (SSSR count). The zero-order valence-electron chi connectivity index (χ0n) is 17.6. The largest absolute Gasteiger partial charge is 0.494 e.